The van der Waals surface area contributed by atoms with Crippen LogP contribution in [0.3, 0.4) is 0 Å². The second kappa shape index (κ2) is 9.33. The van der Waals surface area contributed by atoms with E-state index in [1.54, 1.807) is 56.7 Å². The normalized spacial score (nSPS) is 11.3. The standard InChI is InChI=1S/C19H22N4O4/c1-13(18(25)26)12-23(2)19(27)21-11-14-4-3-5-16(10-14)22-17(24)15-6-8-20-9-7-15/h3-10,13H,11-12H2,1-2H3,(H,21,27)(H,22,24)(H,25,26). The number of aliphatic carboxylic acids is 1. The van der Waals surface area contributed by atoms with Gasteiger partial charge in [-0.1, -0.05) is 19.1 Å². The van der Waals surface area contributed by atoms with Gasteiger partial charge in [0.05, 0.1) is 5.92 Å². The van der Waals surface area contributed by atoms with Crippen LogP contribution in [0.5, 0.6) is 0 Å². The molecule has 142 valence electrons. The van der Waals surface area contributed by atoms with Crippen LogP contribution >= 0.6 is 0 Å². The van der Waals surface area contributed by atoms with Crippen molar-refractivity contribution in [3.05, 3.63) is 59.9 Å². The number of carboxylic acids is 1. The van der Waals surface area contributed by atoms with Crippen molar-refractivity contribution in [3.63, 3.8) is 0 Å². The SMILES string of the molecule is CC(CN(C)C(=O)NCc1cccc(NC(=O)c2ccncc2)c1)C(=O)O. The van der Waals surface area contributed by atoms with Gasteiger partial charge in [-0.05, 0) is 29.8 Å². The molecule has 0 bridgehead atoms. The van der Waals surface area contributed by atoms with Gasteiger partial charge in [0.1, 0.15) is 0 Å². The minimum absolute atomic E-state index is 0.114. The molecule has 1 aromatic carbocycles. The molecule has 0 saturated heterocycles. The molecule has 0 radical (unpaired) electrons. The molecule has 1 unspecified atom stereocenters. The lowest BCUT2D eigenvalue weighted by atomic mass is 10.2. The van der Waals surface area contributed by atoms with Crippen molar-refractivity contribution in [1.29, 1.82) is 0 Å². The summed E-state index contributed by atoms with van der Waals surface area (Å²) in [5.41, 5.74) is 1.91. The molecule has 8 nitrogen and oxygen atoms in total. The van der Waals surface area contributed by atoms with E-state index in [0.717, 1.165) is 5.56 Å². The number of amides is 3. The molecule has 2 aromatic rings. The number of nitrogens with one attached hydrogen (secondary N) is 2. The lowest BCUT2D eigenvalue weighted by Crippen LogP contribution is -2.40. The van der Waals surface area contributed by atoms with E-state index in [1.807, 2.05) is 6.07 Å². The van der Waals surface area contributed by atoms with E-state index >= 15 is 0 Å². The monoisotopic (exact) mass is 370 g/mol. The average molecular weight is 370 g/mol. The van der Waals surface area contributed by atoms with Crippen molar-refractivity contribution in [1.82, 2.24) is 15.2 Å². The Bertz CT molecular complexity index is 810. The highest BCUT2D eigenvalue weighted by molar-refractivity contribution is 6.04. The second-order valence-corrected chi connectivity index (χ2v) is 6.17. The Morgan fingerprint density at radius 2 is 1.89 bits per heavy atom. The third kappa shape index (κ3) is 6.10. The number of anilines is 1. The number of pyridine rings is 1. The first-order valence-corrected chi connectivity index (χ1v) is 8.39. The zero-order valence-corrected chi connectivity index (χ0v) is 15.2. The summed E-state index contributed by atoms with van der Waals surface area (Å²) in [7, 11) is 1.54. The van der Waals surface area contributed by atoms with Gasteiger partial charge in [-0.3, -0.25) is 14.6 Å². The number of carboxylic acid groups (broad SMARTS) is 1. The molecule has 0 saturated carbocycles. The molecule has 0 spiro atoms. The van der Waals surface area contributed by atoms with Crippen LogP contribution < -0.4 is 10.6 Å². The van der Waals surface area contributed by atoms with E-state index in [1.165, 1.54) is 4.90 Å². The molecule has 1 heterocycles. The molecule has 2 rings (SSSR count). The van der Waals surface area contributed by atoms with Crippen molar-refractivity contribution in [2.24, 2.45) is 5.92 Å². The first-order valence-electron chi connectivity index (χ1n) is 8.39. The van der Waals surface area contributed by atoms with Gasteiger partial charge in [0.2, 0.25) is 0 Å². The molecule has 0 aliphatic carbocycles. The Morgan fingerprint density at radius 3 is 2.56 bits per heavy atom. The zero-order valence-electron chi connectivity index (χ0n) is 15.2. The first-order chi connectivity index (χ1) is 12.9. The van der Waals surface area contributed by atoms with Crippen molar-refractivity contribution in [2.75, 3.05) is 18.9 Å². The number of benzene rings is 1. The number of carbonyl (C=O) groups is 3. The zero-order chi connectivity index (χ0) is 19.8. The van der Waals surface area contributed by atoms with Crippen molar-refractivity contribution < 1.29 is 19.5 Å². The van der Waals surface area contributed by atoms with Crippen LogP contribution in [0.2, 0.25) is 0 Å². The van der Waals surface area contributed by atoms with E-state index in [-0.39, 0.29) is 25.0 Å². The number of hydrogen-bond donors (Lipinski definition) is 3. The predicted octanol–water partition coefficient (Wildman–Crippen LogP) is 2.20. The largest absolute Gasteiger partial charge is 0.481 e. The highest BCUT2D eigenvalue weighted by atomic mass is 16.4. The smallest absolute Gasteiger partial charge is 0.317 e. The lowest BCUT2D eigenvalue weighted by molar-refractivity contribution is -0.141. The van der Waals surface area contributed by atoms with Crippen LogP contribution in [-0.4, -0.2) is 46.5 Å². The molecular weight excluding hydrogens is 348 g/mol. The molecule has 1 aromatic heterocycles. The van der Waals surface area contributed by atoms with Crippen molar-refractivity contribution in [2.45, 2.75) is 13.5 Å². The van der Waals surface area contributed by atoms with E-state index in [0.29, 0.717) is 11.3 Å². The van der Waals surface area contributed by atoms with Gasteiger partial charge in [0, 0.05) is 43.8 Å². The summed E-state index contributed by atoms with van der Waals surface area (Å²) in [6.45, 7) is 1.91. The molecule has 3 amide bonds. The summed E-state index contributed by atoms with van der Waals surface area (Å²) >= 11 is 0. The number of urea groups is 1. The molecule has 1 atom stereocenters. The topological polar surface area (TPSA) is 112 Å². The number of carbonyl (C=O) groups excluding carboxylic acids is 2. The van der Waals surface area contributed by atoms with Crippen molar-refractivity contribution in [3.8, 4) is 0 Å². The maximum absolute atomic E-state index is 12.2. The minimum atomic E-state index is -0.952. The second-order valence-electron chi connectivity index (χ2n) is 6.17. The lowest BCUT2D eigenvalue weighted by Gasteiger charge is -2.20. The van der Waals surface area contributed by atoms with Gasteiger partial charge in [0.15, 0.2) is 0 Å². The summed E-state index contributed by atoms with van der Waals surface area (Å²) in [6, 6.07) is 9.99. The molecule has 0 fully saturated rings. The number of nitrogens with zero attached hydrogens (tertiary/aromatic N) is 2. The van der Waals surface area contributed by atoms with Crippen LogP contribution in [0.4, 0.5) is 10.5 Å². The summed E-state index contributed by atoms with van der Waals surface area (Å²) < 4.78 is 0. The van der Waals surface area contributed by atoms with Crippen LogP contribution in [0.25, 0.3) is 0 Å². The Balaban J connectivity index is 1.91. The van der Waals surface area contributed by atoms with Crippen molar-refractivity contribution >= 4 is 23.6 Å². The van der Waals surface area contributed by atoms with E-state index < -0.39 is 11.9 Å². The summed E-state index contributed by atoms with van der Waals surface area (Å²) in [5, 5.41) is 14.4. The van der Waals surface area contributed by atoms with Gasteiger partial charge in [-0.15, -0.1) is 0 Å². The third-order valence-corrected chi connectivity index (χ3v) is 3.89. The van der Waals surface area contributed by atoms with Crippen LogP contribution in [-0.2, 0) is 11.3 Å². The molecular formula is C19H22N4O4. The van der Waals surface area contributed by atoms with E-state index in [2.05, 4.69) is 15.6 Å². The Kier molecular flexibility index (Phi) is 6.87. The third-order valence-electron chi connectivity index (χ3n) is 3.89. The maximum Gasteiger partial charge on any atom is 0.317 e. The fraction of sp³-hybridized carbons (Fsp3) is 0.263. The molecule has 8 heteroatoms. The predicted molar refractivity (Wildman–Crippen MR) is 100 cm³/mol. The number of rotatable bonds is 7. The summed E-state index contributed by atoms with van der Waals surface area (Å²) in [4.78, 5) is 40.3. The van der Waals surface area contributed by atoms with E-state index in [9.17, 15) is 14.4 Å². The Morgan fingerprint density at radius 1 is 1.19 bits per heavy atom. The molecule has 0 aliphatic rings. The summed E-state index contributed by atoms with van der Waals surface area (Å²) in [6.07, 6.45) is 3.09. The number of aromatic nitrogens is 1. The summed E-state index contributed by atoms with van der Waals surface area (Å²) in [5.74, 6) is -1.85. The highest BCUT2D eigenvalue weighted by Gasteiger charge is 2.17. The Hall–Kier alpha value is -3.42. The fourth-order valence-corrected chi connectivity index (χ4v) is 2.35. The van der Waals surface area contributed by atoms with Gasteiger partial charge >= 0.3 is 12.0 Å². The first kappa shape index (κ1) is 19.9. The van der Waals surface area contributed by atoms with Crippen LogP contribution in [0, 0.1) is 5.92 Å². The molecule has 3 N–H and O–H groups in total. The van der Waals surface area contributed by atoms with Crippen LogP contribution in [0.15, 0.2) is 48.8 Å². The minimum Gasteiger partial charge on any atom is -0.481 e. The number of hydrogen-bond acceptors (Lipinski definition) is 4. The quantitative estimate of drug-likeness (QED) is 0.692. The van der Waals surface area contributed by atoms with Gasteiger partial charge in [0.25, 0.3) is 5.91 Å². The van der Waals surface area contributed by atoms with Gasteiger partial charge in [-0.25, -0.2) is 4.79 Å². The van der Waals surface area contributed by atoms with Gasteiger partial charge in [-0.2, -0.15) is 0 Å². The maximum atomic E-state index is 12.2. The van der Waals surface area contributed by atoms with E-state index in [4.69, 9.17) is 5.11 Å². The highest BCUT2D eigenvalue weighted by Crippen LogP contribution is 2.12. The molecule has 0 aliphatic heterocycles. The van der Waals surface area contributed by atoms with Gasteiger partial charge < -0.3 is 20.6 Å². The molecule has 27 heavy (non-hydrogen) atoms. The average Bonchev–Trinajstić information content (AvgIpc) is 2.66. The van der Waals surface area contributed by atoms with Crippen LogP contribution in [0.1, 0.15) is 22.8 Å². The Labute approximate surface area is 157 Å². The fourth-order valence-electron chi connectivity index (χ4n) is 2.35.